The molecule has 1 aliphatic heterocycles. The topological polar surface area (TPSA) is 42.2 Å². The minimum Gasteiger partial charge on any atom is -0.375 e. The number of nitrogen functional groups attached to an aromatic ring is 1. The van der Waals surface area contributed by atoms with Gasteiger partial charge in [-0.15, -0.1) is 11.3 Å². The molecule has 0 fully saturated rings. The summed E-state index contributed by atoms with van der Waals surface area (Å²) in [6, 6.07) is 0. The van der Waals surface area contributed by atoms with Crippen molar-refractivity contribution in [1.29, 1.82) is 0 Å². The fourth-order valence-electron chi connectivity index (χ4n) is 1.24. The molecule has 0 atom stereocenters. The minimum absolute atomic E-state index is 0.658. The maximum absolute atomic E-state index is 5.63. The lowest BCUT2D eigenvalue weighted by Crippen LogP contribution is -2.26. The van der Waals surface area contributed by atoms with Crippen LogP contribution in [0.2, 0.25) is 0 Å². The highest BCUT2D eigenvalue weighted by Crippen LogP contribution is 2.25. The quantitative estimate of drug-likeness (QED) is 0.557. The first kappa shape index (κ1) is 7.12. The average molecular weight is 165 g/mol. The van der Waals surface area contributed by atoms with Crippen LogP contribution in [-0.4, -0.2) is 24.3 Å². The van der Waals surface area contributed by atoms with E-state index in [9.17, 15) is 0 Å². The van der Waals surface area contributed by atoms with Crippen molar-refractivity contribution in [3.8, 4) is 0 Å². The molecule has 2 rings (SSSR count). The molecule has 1 aromatic rings. The van der Waals surface area contributed by atoms with Crippen molar-refractivity contribution < 1.29 is 0 Å². The Balaban J connectivity index is 2.34. The van der Waals surface area contributed by atoms with Gasteiger partial charge >= 0.3 is 0 Å². The molecule has 0 unspecified atom stereocenters. The van der Waals surface area contributed by atoms with Gasteiger partial charge in [0.05, 0.1) is 5.69 Å². The number of hydrogen-bond acceptors (Lipinski definition) is 4. The van der Waals surface area contributed by atoms with E-state index in [2.05, 4.69) is 4.98 Å². The summed E-state index contributed by atoms with van der Waals surface area (Å²) in [5.41, 5.74) is 6.69. The second kappa shape index (κ2) is 2.50. The van der Waals surface area contributed by atoms with Crippen LogP contribution in [0.5, 0.6) is 0 Å². The molecule has 5 heteroatoms. The molecular weight excluding hydrogens is 157 g/mol. The molecule has 11 heavy (non-hydrogen) atoms. The zero-order valence-electron chi connectivity index (χ0n) is 6.08. The minimum atomic E-state index is 0.658. The van der Waals surface area contributed by atoms with Gasteiger partial charge in [0.1, 0.15) is 0 Å². The number of nitrogens with zero attached hydrogens (tertiary/aromatic N) is 2. The normalized spacial score (nSPS) is 18.2. The number of thiazole rings is 1. The summed E-state index contributed by atoms with van der Waals surface area (Å²) in [6.45, 7) is 1.68. The Kier molecular flexibility index (Phi) is 1.62. The van der Waals surface area contributed by atoms with Gasteiger partial charge in [0.2, 0.25) is 0 Å². The number of anilines is 1. The predicted octanol–water partition coefficient (Wildman–Crippen LogP) is 0.167. The molecule has 2 N–H and O–H groups in total. The average Bonchev–Trinajstić information content (AvgIpc) is 2.27. The van der Waals surface area contributed by atoms with Gasteiger partial charge in [-0.2, -0.15) is 0 Å². The van der Waals surface area contributed by atoms with Gasteiger partial charge in [-0.25, -0.2) is 4.98 Å². The van der Waals surface area contributed by atoms with E-state index in [1.807, 2.05) is 0 Å². The molecule has 56 valence electrons. The third-order valence-corrected chi connectivity index (χ3v) is 2.69. The summed E-state index contributed by atoms with van der Waals surface area (Å²) < 4.78 is 0. The SMILES string of the molecule is [B]N1CCc2nc(N)sc2C1. The zero-order chi connectivity index (χ0) is 7.84. The Morgan fingerprint density at radius 3 is 3.27 bits per heavy atom. The molecule has 0 spiro atoms. The number of hydrogen-bond donors (Lipinski definition) is 1. The first-order valence-electron chi connectivity index (χ1n) is 3.49. The van der Waals surface area contributed by atoms with Gasteiger partial charge in [0.25, 0.3) is 0 Å². The van der Waals surface area contributed by atoms with Crippen molar-refractivity contribution in [1.82, 2.24) is 9.79 Å². The summed E-state index contributed by atoms with van der Waals surface area (Å²) in [5, 5.41) is 0.658. The third-order valence-electron chi connectivity index (χ3n) is 1.78. The Bertz CT molecular complexity index is 273. The van der Waals surface area contributed by atoms with E-state index in [0.717, 1.165) is 25.2 Å². The lowest BCUT2D eigenvalue weighted by atomic mass is 10.1. The third kappa shape index (κ3) is 1.26. The Labute approximate surface area is 70.7 Å². The van der Waals surface area contributed by atoms with Crippen LogP contribution in [0, 0.1) is 0 Å². The van der Waals surface area contributed by atoms with Crippen molar-refractivity contribution in [2.45, 2.75) is 13.0 Å². The van der Waals surface area contributed by atoms with Gasteiger partial charge in [-0.05, 0) is 6.54 Å². The van der Waals surface area contributed by atoms with Crippen molar-refractivity contribution in [3.63, 3.8) is 0 Å². The Morgan fingerprint density at radius 2 is 2.45 bits per heavy atom. The first-order valence-corrected chi connectivity index (χ1v) is 4.31. The van der Waals surface area contributed by atoms with Gasteiger partial charge in [-0.1, -0.05) is 0 Å². The van der Waals surface area contributed by atoms with Crippen LogP contribution in [0.25, 0.3) is 0 Å². The van der Waals surface area contributed by atoms with Gasteiger partial charge in [0, 0.05) is 17.8 Å². The molecule has 0 aromatic carbocycles. The standard InChI is InChI=1S/C6H8BN3S/c7-10-2-1-4-5(3-10)11-6(8)9-4/h1-3H2,(H2,8,9). The molecule has 2 radical (unpaired) electrons. The molecule has 0 amide bonds. The van der Waals surface area contributed by atoms with Gasteiger partial charge < -0.3 is 10.5 Å². The molecule has 1 aliphatic rings. The molecule has 0 bridgehead atoms. The first-order chi connectivity index (χ1) is 5.25. The molecule has 3 nitrogen and oxygen atoms in total. The van der Waals surface area contributed by atoms with Crippen LogP contribution in [0.15, 0.2) is 0 Å². The Hall–Kier alpha value is -0.545. The second-order valence-corrected chi connectivity index (χ2v) is 3.76. The van der Waals surface area contributed by atoms with Crippen molar-refractivity contribution in [2.24, 2.45) is 0 Å². The molecule has 2 heterocycles. The molecule has 0 saturated carbocycles. The fraction of sp³-hybridized carbons (Fsp3) is 0.500. The summed E-state index contributed by atoms with van der Waals surface area (Å²) in [4.78, 5) is 7.21. The summed E-state index contributed by atoms with van der Waals surface area (Å²) in [7, 11) is 5.63. The highest BCUT2D eigenvalue weighted by molar-refractivity contribution is 7.15. The Morgan fingerprint density at radius 1 is 1.64 bits per heavy atom. The van der Waals surface area contributed by atoms with Gasteiger partial charge in [0.15, 0.2) is 13.1 Å². The van der Waals surface area contributed by atoms with E-state index in [0.29, 0.717) is 5.13 Å². The smallest absolute Gasteiger partial charge is 0.182 e. The van der Waals surface area contributed by atoms with Crippen molar-refractivity contribution in [2.75, 3.05) is 12.3 Å². The van der Waals surface area contributed by atoms with Crippen LogP contribution < -0.4 is 5.73 Å². The van der Waals surface area contributed by atoms with Gasteiger partial charge in [-0.3, -0.25) is 0 Å². The number of fused-ring (bicyclic) bond motifs is 1. The highest BCUT2D eigenvalue weighted by Gasteiger charge is 2.16. The van der Waals surface area contributed by atoms with Crippen LogP contribution in [0.4, 0.5) is 5.13 Å². The van der Waals surface area contributed by atoms with Crippen molar-refractivity contribution >= 4 is 24.4 Å². The molecule has 0 saturated heterocycles. The predicted molar refractivity (Wildman–Crippen MR) is 46.4 cm³/mol. The van der Waals surface area contributed by atoms with E-state index in [4.69, 9.17) is 13.7 Å². The lowest BCUT2D eigenvalue weighted by molar-refractivity contribution is 0.429. The number of aromatic nitrogens is 1. The molecular formula is C6H8BN3S. The maximum Gasteiger partial charge on any atom is 0.182 e. The zero-order valence-corrected chi connectivity index (χ0v) is 6.90. The largest absolute Gasteiger partial charge is 0.375 e. The summed E-state index contributed by atoms with van der Waals surface area (Å²) in [5.74, 6) is 0. The summed E-state index contributed by atoms with van der Waals surface area (Å²) in [6.07, 6.45) is 0.930. The van der Waals surface area contributed by atoms with Crippen LogP contribution in [0.1, 0.15) is 10.6 Å². The van der Waals surface area contributed by atoms with Crippen molar-refractivity contribution in [3.05, 3.63) is 10.6 Å². The summed E-state index contributed by atoms with van der Waals surface area (Å²) >= 11 is 1.54. The van der Waals surface area contributed by atoms with Crippen LogP contribution in [-0.2, 0) is 13.0 Å². The monoisotopic (exact) mass is 165 g/mol. The van der Waals surface area contributed by atoms with E-state index in [-0.39, 0.29) is 0 Å². The van der Waals surface area contributed by atoms with E-state index >= 15 is 0 Å². The second-order valence-electron chi connectivity index (χ2n) is 2.64. The lowest BCUT2D eigenvalue weighted by Gasteiger charge is -2.20. The van der Waals surface area contributed by atoms with E-state index in [1.165, 1.54) is 16.2 Å². The van der Waals surface area contributed by atoms with Crippen LogP contribution >= 0.6 is 11.3 Å². The number of nitrogens with two attached hydrogens (primary N) is 1. The van der Waals surface area contributed by atoms with E-state index in [1.54, 1.807) is 4.81 Å². The molecule has 1 aromatic heterocycles. The molecule has 0 aliphatic carbocycles. The van der Waals surface area contributed by atoms with Crippen LogP contribution in [0.3, 0.4) is 0 Å². The van der Waals surface area contributed by atoms with E-state index < -0.39 is 0 Å². The number of rotatable bonds is 0. The maximum atomic E-state index is 5.63. The fourth-order valence-corrected chi connectivity index (χ4v) is 2.14. The highest BCUT2D eigenvalue weighted by atomic mass is 32.1.